The van der Waals surface area contributed by atoms with Gasteiger partial charge in [-0.3, -0.25) is 24.6 Å². The maximum absolute atomic E-state index is 13.0. The monoisotopic (exact) mass is 473 g/mol. The molecule has 3 aromatic carbocycles. The lowest BCUT2D eigenvalue weighted by Gasteiger charge is -2.38. The molecule has 0 atom stereocenters. The third-order valence-electron chi connectivity index (χ3n) is 7.26. The smallest absolute Gasteiger partial charge is 0.269 e. The number of imide groups is 1. The first-order chi connectivity index (χ1) is 16.9. The second kappa shape index (κ2) is 9.20. The minimum Gasteiger partial charge on any atom is -0.385 e. The van der Waals surface area contributed by atoms with Gasteiger partial charge >= 0.3 is 0 Å². The Kier molecular flexibility index (Phi) is 6.08. The zero-order valence-electron chi connectivity index (χ0n) is 19.4. The van der Waals surface area contributed by atoms with Crippen LogP contribution in [0.3, 0.4) is 0 Å². The van der Waals surface area contributed by atoms with E-state index >= 15 is 0 Å². The fourth-order valence-electron chi connectivity index (χ4n) is 5.22. The quantitative estimate of drug-likeness (QED) is 0.240. The highest BCUT2D eigenvalue weighted by molar-refractivity contribution is 6.25. The molecule has 2 amide bonds. The number of non-ortho nitro benzene ring substituents is 1. The number of rotatable bonds is 7. The second-order valence-electron chi connectivity index (χ2n) is 9.36. The van der Waals surface area contributed by atoms with Crippen LogP contribution in [-0.4, -0.2) is 57.8 Å². The van der Waals surface area contributed by atoms with Gasteiger partial charge in [-0.25, -0.2) is 0 Å². The minimum atomic E-state index is -0.979. The predicted octanol–water partition coefficient (Wildman–Crippen LogP) is 4.11. The van der Waals surface area contributed by atoms with E-state index in [9.17, 15) is 24.8 Å². The van der Waals surface area contributed by atoms with Gasteiger partial charge in [0.05, 0.1) is 10.5 Å². The second-order valence-corrected chi connectivity index (χ2v) is 9.36. The highest BCUT2D eigenvalue weighted by Crippen LogP contribution is 2.34. The SMILES string of the molecule is O=C1c2cccc3cccc(c23)C(=O)N1CCCCN1CCC(O)(c2ccc([N+](=O)[O-])cc2)CC1. The molecule has 0 bridgehead atoms. The van der Waals surface area contributed by atoms with E-state index in [0.717, 1.165) is 23.7 Å². The predicted molar refractivity (Wildman–Crippen MR) is 131 cm³/mol. The number of hydrogen-bond acceptors (Lipinski definition) is 6. The number of unbranched alkanes of at least 4 members (excludes halogenated alkanes) is 1. The number of nitrogens with zero attached hydrogens (tertiary/aromatic N) is 3. The zero-order chi connectivity index (χ0) is 24.6. The number of amides is 2. The summed E-state index contributed by atoms with van der Waals surface area (Å²) in [4.78, 5) is 40.1. The first-order valence-electron chi connectivity index (χ1n) is 11.9. The molecular formula is C27H27N3O5. The van der Waals surface area contributed by atoms with E-state index in [1.165, 1.54) is 17.0 Å². The van der Waals surface area contributed by atoms with Crippen LogP contribution in [0.2, 0.25) is 0 Å². The Hall–Kier alpha value is -3.62. The van der Waals surface area contributed by atoms with Crippen molar-refractivity contribution < 1.29 is 19.6 Å². The van der Waals surface area contributed by atoms with E-state index in [1.54, 1.807) is 24.3 Å². The molecule has 5 rings (SSSR count). The molecule has 0 saturated carbocycles. The Morgan fingerprint density at radius 2 is 1.43 bits per heavy atom. The van der Waals surface area contributed by atoms with Crippen molar-refractivity contribution in [3.8, 4) is 0 Å². The zero-order valence-corrected chi connectivity index (χ0v) is 19.4. The van der Waals surface area contributed by atoms with E-state index in [-0.39, 0.29) is 17.5 Å². The summed E-state index contributed by atoms with van der Waals surface area (Å²) in [6, 6.07) is 17.2. The number of hydrogen-bond donors (Lipinski definition) is 1. The van der Waals surface area contributed by atoms with Crippen molar-refractivity contribution in [1.82, 2.24) is 9.80 Å². The topological polar surface area (TPSA) is 104 Å². The maximum Gasteiger partial charge on any atom is 0.269 e. The van der Waals surface area contributed by atoms with E-state index in [1.807, 2.05) is 24.3 Å². The number of benzene rings is 3. The Morgan fingerprint density at radius 1 is 0.857 bits per heavy atom. The fraction of sp³-hybridized carbons (Fsp3) is 0.333. The highest BCUT2D eigenvalue weighted by Gasteiger charge is 2.35. The molecule has 180 valence electrons. The lowest BCUT2D eigenvalue weighted by atomic mass is 9.84. The van der Waals surface area contributed by atoms with Crippen molar-refractivity contribution >= 4 is 28.3 Å². The molecule has 1 fully saturated rings. The van der Waals surface area contributed by atoms with E-state index in [0.29, 0.717) is 55.6 Å². The van der Waals surface area contributed by atoms with E-state index in [2.05, 4.69) is 4.90 Å². The van der Waals surface area contributed by atoms with Crippen LogP contribution in [-0.2, 0) is 5.60 Å². The number of nitro groups is 1. The Balaban J connectivity index is 1.13. The first kappa shape index (κ1) is 23.1. The van der Waals surface area contributed by atoms with E-state index in [4.69, 9.17) is 0 Å². The van der Waals surface area contributed by atoms with Gasteiger partial charge in [0.1, 0.15) is 0 Å². The van der Waals surface area contributed by atoms with Crippen LogP contribution in [0.4, 0.5) is 5.69 Å². The van der Waals surface area contributed by atoms with Crippen LogP contribution in [0.5, 0.6) is 0 Å². The third-order valence-corrected chi connectivity index (χ3v) is 7.26. The van der Waals surface area contributed by atoms with Gasteiger partial charge in [0.15, 0.2) is 0 Å². The summed E-state index contributed by atoms with van der Waals surface area (Å²) in [7, 11) is 0. The van der Waals surface area contributed by atoms with E-state index < -0.39 is 10.5 Å². The van der Waals surface area contributed by atoms with Crippen LogP contribution in [0.1, 0.15) is 52.0 Å². The number of aliphatic hydroxyl groups is 1. The number of nitro benzene ring substituents is 1. The Morgan fingerprint density at radius 3 is 2.00 bits per heavy atom. The fourth-order valence-corrected chi connectivity index (χ4v) is 5.22. The molecule has 1 N–H and O–H groups in total. The number of carbonyl (C=O) groups excluding carboxylic acids is 2. The lowest BCUT2D eigenvalue weighted by Crippen LogP contribution is -2.43. The summed E-state index contributed by atoms with van der Waals surface area (Å²) in [5, 5.41) is 23.6. The molecule has 2 aliphatic heterocycles. The molecule has 0 spiro atoms. The number of piperidine rings is 1. The Bertz CT molecular complexity index is 1250. The van der Waals surface area contributed by atoms with Crippen LogP contribution in [0.15, 0.2) is 60.7 Å². The summed E-state index contributed by atoms with van der Waals surface area (Å²) in [6.45, 7) is 2.62. The van der Waals surface area contributed by atoms with Crippen molar-refractivity contribution in [1.29, 1.82) is 0 Å². The molecule has 35 heavy (non-hydrogen) atoms. The molecule has 0 unspecified atom stereocenters. The van der Waals surface area contributed by atoms with Crippen molar-refractivity contribution in [3.05, 3.63) is 87.5 Å². The average molecular weight is 474 g/mol. The molecule has 2 heterocycles. The molecule has 2 aliphatic rings. The van der Waals surface area contributed by atoms with Gasteiger partial charge in [-0.2, -0.15) is 0 Å². The summed E-state index contributed by atoms with van der Waals surface area (Å²) >= 11 is 0. The van der Waals surface area contributed by atoms with Gasteiger partial charge in [0.25, 0.3) is 17.5 Å². The third kappa shape index (κ3) is 4.31. The van der Waals surface area contributed by atoms with Gasteiger partial charge in [0.2, 0.25) is 0 Å². The van der Waals surface area contributed by atoms with Crippen LogP contribution >= 0.6 is 0 Å². The number of likely N-dealkylation sites (tertiary alicyclic amines) is 1. The van der Waals surface area contributed by atoms with Gasteiger partial charge < -0.3 is 10.0 Å². The first-order valence-corrected chi connectivity index (χ1v) is 11.9. The van der Waals surface area contributed by atoms with Crippen molar-refractivity contribution in [2.45, 2.75) is 31.3 Å². The standard InChI is InChI=1S/C27H27N3O5/c31-25-22-7-3-5-19-6-4-8-23(24(19)22)26(32)29(25)16-2-1-15-28-17-13-27(33,14-18-28)20-9-11-21(12-10-20)30(34)35/h3-12,33H,1-2,13-18H2. The van der Waals surface area contributed by atoms with Gasteiger partial charge in [-0.15, -0.1) is 0 Å². The summed E-state index contributed by atoms with van der Waals surface area (Å²) < 4.78 is 0. The molecule has 8 nitrogen and oxygen atoms in total. The van der Waals surface area contributed by atoms with Gasteiger partial charge in [0, 0.05) is 48.3 Å². The van der Waals surface area contributed by atoms with Crippen molar-refractivity contribution in [2.24, 2.45) is 0 Å². The molecule has 0 aliphatic carbocycles. The Labute approximate surface area is 202 Å². The van der Waals surface area contributed by atoms with Crippen LogP contribution < -0.4 is 0 Å². The molecule has 3 aromatic rings. The van der Waals surface area contributed by atoms with Gasteiger partial charge in [-0.05, 0) is 67.4 Å². The highest BCUT2D eigenvalue weighted by atomic mass is 16.6. The van der Waals surface area contributed by atoms with Crippen LogP contribution in [0, 0.1) is 10.1 Å². The molecule has 1 saturated heterocycles. The molecule has 0 aromatic heterocycles. The van der Waals surface area contributed by atoms with Crippen LogP contribution in [0.25, 0.3) is 10.8 Å². The molecule has 8 heteroatoms. The normalized spacial score (nSPS) is 17.7. The lowest BCUT2D eigenvalue weighted by molar-refractivity contribution is -0.384. The van der Waals surface area contributed by atoms with Crippen molar-refractivity contribution in [3.63, 3.8) is 0 Å². The molecule has 0 radical (unpaired) electrons. The number of carbonyl (C=O) groups is 2. The van der Waals surface area contributed by atoms with Crippen molar-refractivity contribution in [2.75, 3.05) is 26.2 Å². The molecular weight excluding hydrogens is 446 g/mol. The van der Waals surface area contributed by atoms with Gasteiger partial charge in [-0.1, -0.05) is 24.3 Å². The minimum absolute atomic E-state index is 0.0145. The summed E-state index contributed by atoms with van der Waals surface area (Å²) in [5.41, 5.74) is 0.909. The maximum atomic E-state index is 13.0. The average Bonchev–Trinajstić information content (AvgIpc) is 2.88. The summed E-state index contributed by atoms with van der Waals surface area (Å²) in [6.07, 6.45) is 2.64. The largest absolute Gasteiger partial charge is 0.385 e. The summed E-state index contributed by atoms with van der Waals surface area (Å²) in [5.74, 6) is -0.462.